The van der Waals surface area contributed by atoms with Gasteiger partial charge >= 0.3 is 0 Å². The Hall–Kier alpha value is -1.35. The fourth-order valence-electron chi connectivity index (χ4n) is 1.41. The Morgan fingerprint density at radius 3 is 2.56 bits per heavy atom. The first-order valence-electron chi connectivity index (χ1n) is 5.60. The van der Waals surface area contributed by atoms with Gasteiger partial charge in [0.15, 0.2) is 0 Å². The molecule has 0 heterocycles. The number of rotatable bonds is 4. The molecular formula is C13H20N2O. The molecule has 0 saturated carbocycles. The summed E-state index contributed by atoms with van der Waals surface area (Å²) in [5.74, 6) is 0.0788. The zero-order valence-electron chi connectivity index (χ0n) is 10.2. The van der Waals surface area contributed by atoms with Crippen molar-refractivity contribution in [2.75, 3.05) is 0 Å². The number of hydrogen-bond donors (Lipinski definition) is 2. The third kappa shape index (κ3) is 3.35. The van der Waals surface area contributed by atoms with E-state index in [2.05, 4.69) is 5.32 Å². The van der Waals surface area contributed by atoms with Crippen molar-refractivity contribution >= 4 is 5.91 Å². The average molecular weight is 220 g/mol. The van der Waals surface area contributed by atoms with Crippen LogP contribution in [0.3, 0.4) is 0 Å². The summed E-state index contributed by atoms with van der Waals surface area (Å²) in [4.78, 5) is 11.6. The normalized spacial score (nSPS) is 12.6. The van der Waals surface area contributed by atoms with Gasteiger partial charge in [0.1, 0.15) is 0 Å². The Morgan fingerprint density at radius 2 is 2.00 bits per heavy atom. The van der Waals surface area contributed by atoms with E-state index in [9.17, 15) is 4.79 Å². The van der Waals surface area contributed by atoms with Gasteiger partial charge in [-0.3, -0.25) is 4.79 Å². The summed E-state index contributed by atoms with van der Waals surface area (Å²) >= 11 is 0. The summed E-state index contributed by atoms with van der Waals surface area (Å²) in [6.07, 6.45) is 0. The topological polar surface area (TPSA) is 55.1 Å². The number of benzene rings is 1. The van der Waals surface area contributed by atoms with E-state index in [0.717, 1.165) is 5.56 Å². The highest BCUT2D eigenvalue weighted by Crippen LogP contribution is 2.06. The van der Waals surface area contributed by atoms with Crippen LogP contribution in [0.1, 0.15) is 25.0 Å². The zero-order chi connectivity index (χ0) is 12.1. The third-order valence-corrected chi connectivity index (χ3v) is 2.74. The van der Waals surface area contributed by atoms with Crippen LogP contribution in [0, 0.1) is 12.8 Å². The Balaban J connectivity index is 2.52. The van der Waals surface area contributed by atoms with E-state index in [1.54, 1.807) is 0 Å². The Kier molecular flexibility index (Phi) is 4.50. The van der Waals surface area contributed by atoms with E-state index in [0.29, 0.717) is 6.54 Å². The Bertz CT molecular complexity index is 361. The first-order chi connectivity index (χ1) is 7.52. The molecule has 0 unspecified atom stereocenters. The summed E-state index contributed by atoms with van der Waals surface area (Å²) in [6, 6.07) is 7.57. The van der Waals surface area contributed by atoms with Crippen LogP contribution in [0.25, 0.3) is 0 Å². The predicted molar refractivity (Wildman–Crippen MR) is 65.8 cm³/mol. The summed E-state index contributed by atoms with van der Waals surface area (Å²) in [7, 11) is 0. The second kappa shape index (κ2) is 5.66. The second-order valence-electron chi connectivity index (χ2n) is 4.41. The molecule has 0 aliphatic heterocycles. The van der Waals surface area contributed by atoms with Crippen LogP contribution in [0.15, 0.2) is 24.3 Å². The standard InChI is InChI=1S/C13H20N2O/c1-9(2)12(14)13(16)15-8-11-7-5-4-6-10(11)3/h4-7,9,12H,8,14H2,1-3H3,(H,15,16)/t12-/m0/s1. The SMILES string of the molecule is Cc1ccccc1CNC(=O)[C@@H](N)C(C)C. The fraction of sp³-hybridized carbons (Fsp3) is 0.462. The highest BCUT2D eigenvalue weighted by atomic mass is 16.2. The lowest BCUT2D eigenvalue weighted by Crippen LogP contribution is -2.43. The maximum Gasteiger partial charge on any atom is 0.237 e. The molecule has 0 aliphatic rings. The summed E-state index contributed by atoms with van der Waals surface area (Å²) in [5.41, 5.74) is 8.06. The van der Waals surface area contributed by atoms with Crippen LogP contribution in [0.4, 0.5) is 0 Å². The van der Waals surface area contributed by atoms with Crippen molar-refractivity contribution in [1.29, 1.82) is 0 Å². The largest absolute Gasteiger partial charge is 0.351 e. The first kappa shape index (κ1) is 12.7. The molecule has 0 bridgehead atoms. The van der Waals surface area contributed by atoms with Crippen molar-refractivity contribution in [3.05, 3.63) is 35.4 Å². The smallest absolute Gasteiger partial charge is 0.237 e. The number of nitrogens with two attached hydrogens (primary N) is 1. The lowest BCUT2D eigenvalue weighted by atomic mass is 10.0. The quantitative estimate of drug-likeness (QED) is 0.809. The van der Waals surface area contributed by atoms with Crippen LogP contribution in [0.2, 0.25) is 0 Å². The number of amides is 1. The monoisotopic (exact) mass is 220 g/mol. The molecule has 1 rings (SSSR count). The molecule has 0 radical (unpaired) electrons. The van der Waals surface area contributed by atoms with E-state index < -0.39 is 6.04 Å². The van der Waals surface area contributed by atoms with Gasteiger partial charge in [-0.2, -0.15) is 0 Å². The van der Waals surface area contributed by atoms with Gasteiger partial charge in [-0.15, -0.1) is 0 Å². The molecule has 3 N–H and O–H groups in total. The van der Waals surface area contributed by atoms with Crippen molar-refractivity contribution < 1.29 is 4.79 Å². The Morgan fingerprint density at radius 1 is 1.38 bits per heavy atom. The molecular weight excluding hydrogens is 200 g/mol. The van der Waals surface area contributed by atoms with E-state index in [-0.39, 0.29) is 11.8 Å². The van der Waals surface area contributed by atoms with Gasteiger partial charge in [0.05, 0.1) is 6.04 Å². The molecule has 1 atom stereocenters. The lowest BCUT2D eigenvalue weighted by molar-refractivity contribution is -0.123. The Labute approximate surface area is 97.0 Å². The molecule has 1 aromatic carbocycles. The minimum Gasteiger partial charge on any atom is -0.351 e. The van der Waals surface area contributed by atoms with Gasteiger partial charge in [0, 0.05) is 6.54 Å². The van der Waals surface area contributed by atoms with Gasteiger partial charge in [-0.05, 0) is 24.0 Å². The van der Waals surface area contributed by atoms with Crippen molar-refractivity contribution in [2.45, 2.75) is 33.4 Å². The number of hydrogen-bond acceptors (Lipinski definition) is 2. The molecule has 3 heteroatoms. The molecule has 16 heavy (non-hydrogen) atoms. The average Bonchev–Trinajstić information content (AvgIpc) is 2.26. The van der Waals surface area contributed by atoms with Crippen LogP contribution in [-0.4, -0.2) is 11.9 Å². The molecule has 1 aromatic rings. The van der Waals surface area contributed by atoms with Gasteiger partial charge in [-0.25, -0.2) is 0 Å². The van der Waals surface area contributed by atoms with E-state index in [4.69, 9.17) is 5.73 Å². The highest BCUT2D eigenvalue weighted by molar-refractivity contribution is 5.81. The molecule has 0 fully saturated rings. The minimum absolute atomic E-state index is 0.0850. The second-order valence-corrected chi connectivity index (χ2v) is 4.41. The van der Waals surface area contributed by atoms with Gasteiger partial charge in [-0.1, -0.05) is 38.1 Å². The third-order valence-electron chi connectivity index (χ3n) is 2.74. The molecule has 1 amide bonds. The molecule has 0 spiro atoms. The maximum atomic E-state index is 11.6. The van der Waals surface area contributed by atoms with Crippen LogP contribution >= 0.6 is 0 Å². The fourth-order valence-corrected chi connectivity index (χ4v) is 1.41. The van der Waals surface area contributed by atoms with E-state index >= 15 is 0 Å². The maximum absolute atomic E-state index is 11.6. The van der Waals surface area contributed by atoms with Crippen molar-refractivity contribution in [2.24, 2.45) is 11.7 Å². The van der Waals surface area contributed by atoms with Crippen molar-refractivity contribution in [3.8, 4) is 0 Å². The molecule has 0 saturated heterocycles. The van der Waals surface area contributed by atoms with Crippen molar-refractivity contribution in [3.63, 3.8) is 0 Å². The number of carbonyl (C=O) groups is 1. The van der Waals surface area contributed by atoms with Gasteiger partial charge in [0.25, 0.3) is 0 Å². The summed E-state index contributed by atoms with van der Waals surface area (Å²) in [5, 5.41) is 2.86. The van der Waals surface area contributed by atoms with Crippen LogP contribution in [-0.2, 0) is 11.3 Å². The van der Waals surface area contributed by atoms with Crippen LogP contribution < -0.4 is 11.1 Å². The predicted octanol–water partition coefficient (Wildman–Crippen LogP) is 1.59. The lowest BCUT2D eigenvalue weighted by Gasteiger charge is -2.15. The van der Waals surface area contributed by atoms with Gasteiger partial charge in [0.2, 0.25) is 5.91 Å². The summed E-state index contributed by atoms with van der Waals surface area (Å²) < 4.78 is 0. The highest BCUT2D eigenvalue weighted by Gasteiger charge is 2.16. The summed E-state index contributed by atoms with van der Waals surface area (Å²) in [6.45, 7) is 6.46. The molecule has 88 valence electrons. The minimum atomic E-state index is -0.427. The molecule has 0 aromatic heterocycles. The zero-order valence-corrected chi connectivity index (χ0v) is 10.2. The number of nitrogens with one attached hydrogen (secondary N) is 1. The first-order valence-corrected chi connectivity index (χ1v) is 5.60. The van der Waals surface area contributed by atoms with E-state index in [1.165, 1.54) is 5.56 Å². The molecule has 0 aliphatic carbocycles. The van der Waals surface area contributed by atoms with Gasteiger partial charge < -0.3 is 11.1 Å². The van der Waals surface area contributed by atoms with Crippen LogP contribution in [0.5, 0.6) is 0 Å². The van der Waals surface area contributed by atoms with Crippen molar-refractivity contribution in [1.82, 2.24) is 5.32 Å². The number of aryl methyl sites for hydroxylation is 1. The van der Waals surface area contributed by atoms with E-state index in [1.807, 2.05) is 45.0 Å². The number of carbonyl (C=O) groups excluding carboxylic acids is 1. The molecule has 3 nitrogen and oxygen atoms in total.